The molecule has 0 saturated carbocycles. The zero-order valence-electron chi connectivity index (χ0n) is 19.7. The molecule has 1 saturated heterocycles. The van der Waals surface area contributed by atoms with Crippen molar-refractivity contribution in [2.45, 2.75) is 6.92 Å². The second-order valence-corrected chi connectivity index (χ2v) is 8.13. The molecular weight excluding hydrogens is 498 g/mol. The van der Waals surface area contributed by atoms with Crippen LogP contribution in [0.4, 0.5) is 21.9 Å². The number of non-ortho nitro benzene ring substituents is 1. The van der Waals surface area contributed by atoms with E-state index in [9.17, 15) is 34.6 Å². The van der Waals surface area contributed by atoms with Gasteiger partial charge in [0.2, 0.25) is 11.7 Å². The Balaban J connectivity index is 1.43. The number of nitrogens with one attached hydrogen (secondary N) is 2. The Bertz CT molecular complexity index is 1480. The molecular formula is C25H19N5O8. The van der Waals surface area contributed by atoms with Gasteiger partial charge in [0.1, 0.15) is 18.0 Å². The number of urea groups is 1. The summed E-state index contributed by atoms with van der Waals surface area (Å²) in [6, 6.07) is 15.3. The normalized spacial score (nSPS) is 13.8. The van der Waals surface area contributed by atoms with Gasteiger partial charge in [0.05, 0.1) is 15.9 Å². The quantitative estimate of drug-likeness (QED) is 0.194. The molecule has 1 heterocycles. The molecule has 3 aromatic rings. The average Bonchev–Trinajstić information content (AvgIpc) is 3.13. The second kappa shape index (κ2) is 10.6. The minimum absolute atomic E-state index is 0.0437. The third-order valence-corrected chi connectivity index (χ3v) is 5.37. The molecule has 2 N–H and O–H groups in total. The van der Waals surface area contributed by atoms with Gasteiger partial charge in [-0.3, -0.25) is 29.8 Å². The molecule has 1 fully saturated rings. The van der Waals surface area contributed by atoms with Gasteiger partial charge in [-0.15, -0.1) is 0 Å². The number of hydrogen-bond acceptors (Lipinski definition) is 8. The molecule has 38 heavy (non-hydrogen) atoms. The lowest BCUT2D eigenvalue weighted by Gasteiger charge is -2.12. The van der Waals surface area contributed by atoms with Crippen molar-refractivity contribution in [3.05, 3.63) is 104 Å². The maximum atomic E-state index is 12.7. The van der Waals surface area contributed by atoms with Gasteiger partial charge in [0, 0.05) is 11.8 Å². The summed E-state index contributed by atoms with van der Waals surface area (Å²) in [5, 5.41) is 27.2. The summed E-state index contributed by atoms with van der Waals surface area (Å²) in [4.78, 5) is 58.7. The van der Waals surface area contributed by atoms with Gasteiger partial charge in [-0.1, -0.05) is 29.8 Å². The monoisotopic (exact) mass is 517 g/mol. The van der Waals surface area contributed by atoms with Crippen molar-refractivity contribution in [1.82, 2.24) is 10.2 Å². The molecule has 1 aliphatic rings. The van der Waals surface area contributed by atoms with E-state index in [1.807, 2.05) is 19.1 Å². The fraction of sp³-hybridized carbons (Fsp3) is 0.0800. The minimum Gasteiger partial charge on any atom is -0.450 e. The van der Waals surface area contributed by atoms with Crippen LogP contribution in [0.3, 0.4) is 0 Å². The molecule has 4 amide bonds. The van der Waals surface area contributed by atoms with Gasteiger partial charge in [-0.2, -0.15) is 0 Å². The lowest BCUT2D eigenvalue weighted by Crippen LogP contribution is -2.38. The minimum atomic E-state index is -0.789. The Morgan fingerprint density at radius 1 is 1.00 bits per heavy atom. The molecule has 0 unspecified atom stereocenters. The molecule has 192 valence electrons. The van der Waals surface area contributed by atoms with Crippen molar-refractivity contribution in [2.24, 2.45) is 0 Å². The van der Waals surface area contributed by atoms with Crippen LogP contribution < -0.4 is 15.4 Å². The van der Waals surface area contributed by atoms with Gasteiger partial charge in [0.15, 0.2) is 0 Å². The highest BCUT2D eigenvalue weighted by Gasteiger charge is 2.35. The second-order valence-electron chi connectivity index (χ2n) is 8.13. The Labute approximate surface area is 214 Å². The van der Waals surface area contributed by atoms with Crippen LogP contribution in [0.5, 0.6) is 11.5 Å². The highest BCUT2D eigenvalue weighted by atomic mass is 16.6. The first-order valence-corrected chi connectivity index (χ1v) is 11.0. The van der Waals surface area contributed by atoms with Crippen LogP contribution in [0.25, 0.3) is 6.08 Å². The van der Waals surface area contributed by atoms with Crippen LogP contribution >= 0.6 is 0 Å². The van der Waals surface area contributed by atoms with Gasteiger partial charge in [-0.05, 0) is 48.9 Å². The number of nitrogens with zero attached hydrogens (tertiary/aromatic N) is 3. The largest absolute Gasteiger partial charge is 0.450 e. The van der Waals surface area contributed by atoms with E-state index in [0.29, 0.717) is 11.3 Å². The summed E-state index contributed by atoms with van der Waals surface area (Å²) in [7, 11) is 0. The molecule has 13 nitrogen and oxygen atoms in total. The number of nitro benzene ring substituents is 2. The number of anilines is 1. The summed E-state index contributed by atoms with van der Waals surface area (Å²) in [5.41, 5.74) is 0.971. The molecule has 0 bridgehead atoms. The van der Waals surface area contributed by atoms with Gasteiger partial charge < -0.3 is 15.4 Å². The van der Waals surface area contributed by atoms with Gasteiger partial charge >= 0.3 is 11.7 Å². The zero-order valence-corrected chi connectivity index (χ0v) is 19.7. The average molecular weight is 517 g/mol. The van der Waals surface area contributed by atoms with E-state index in [2.05, 4.69) is 10.6 Å². The highest BCUT2D eigenvalue weighted by Crippen LogP contribution is 2.34. The number of imide groups is 1. The SMILES string of the molecule is Cc1ccc(NC(=O)CN2C(=O)N/C(=C/c3ccc(Oc4ccc([N+](=O)[O-])cc4[N+](=O)[O-])cc3)C2=O)cc1. The first kappa shape index (κ1) is 25.5. The smallest absolute Gasteiger partial charge is 0.329 e. The van der Waals surface area contributed by atoms with E-state index < -0.39 is 45.6 Å². The molecule has 4 rings (SSSR count). The summed E-state index contributed by atoms with van der Waals surface area (Å²) >= 11 is 0. The summed E-state index contributed by atoms with van der Waals surface area (Å²) in [5.74, 6) is -1.22. The maximum absolute atomic E-state index is 12.7. The Hall–Kier alpha value is -5.59. The van der Waals surface area contributed by atoms with Crippen LogP contribution in [-0.2, 0) is 9.59 Å². The summed E-state index contributed by atoms with van der Waals surface area (Å²) in [6.45, 7) is 1.43. The van der Waals surface area contributed by atoms with Crippen LogP contribution in [-0.4, -0.2) is 39.1 Å². The standard InChI is InChI=1S/C25H19N5O8/c1-15-2-6-17(7-3-15)26-23(31)14-28-24(32)20(27-25(28)33)12-16-4-9-19(10-5-16)38-22-11-8-18(29(34)35)13-21(22)30(36)37/h2-13H,14H2,1H3,(H,26,31)(H,27,33)/b20-12+. The molecule has 0 radical (unpaired) electrons. The Kier molecular flexibility index (Phi) is 7.10. The van der Waals surface area contributed by atoms with Crippen LogP contribution in [0.1, 0.15) is 11.1 Å². The lowest BCUT2D eigenvalue weighted by molar-refractivity contribution is -0.394. The molecule has 0 spiro atoms. The fourth-order valence-corrected chi connectivity index (χ4v) is 3.47. The Morgan fingerprint density at radius 2 is 1.68 bits per heavy atom. The predicted molar refractivity (Wildman–Crippen MR) is 134 cm³/mol. The number of amides is 4. The number of nitro groups is 2. The van der Waals surface area contributed by atoms with E-state index in [-0.39, 0.29) is 17.2 Å². The van der Waals surface area contributed by atoms with E-state index in [1.54, 1.807) is 12.1 Å². The van der Waals surface area contributed by atoms with E-state index in [1.165, 1.54) is 30.3 Å². The van der Waals surface area contributed by atoms with Crippen molar-refractivity contribution in [3.8, 4) is 11.5 Å². The summed E-state index contributed by atoms with van der Waals surface area (Å²) in [6.07, 6.45) is 1.40. The third-order valence-electron chi connectivity index (χ3n) is 5.37. The Morgan fingerprint density at radius 3 is 2.32 bits per heavy atom. The molecule has 0 atom stereocenters. The van der Waals surface area contributed by atoms with Crippen LogP contribution in [0, 0.1) is 27.2 Å². The predicted octanol–water partition coefficient (Wildman–Crippen LogP) is 4.14. The van der Waals surface area contributed by atoms with E-state index in [0.717, 1.165) is 28.7 Å². The number of aryl methyl sites for hydroxylation is 1. The van der Waals surface area contributed by atoms with Gasteiger partial charge in [0.25, 0.3) is 11.6 Å². The number of benzene rings is 3. The summed E-state index contributed by atoms with van der Waals surface area (Å²) < 4.78 is 5.51. The number of ether oxygens (including phenoxy) is 1. The van der Waals surface area contributed by atoms with E-state index >= 15 is 0 Å². The van der Waals surface area contributed by atoms with Crippen molar-refractivity contribution in [1.29, 1.82) is 0 Å². The third kappa shape index (κ3) is 5.79. The number of carbonyl (C=O) groups excluding carboxylic acids is 3. The number of rotatable bonds is 8. The lowest BCUT2D eigenvalue weighted by atomic mass is 10.2. The first-order chi connectivity index (χ1) is 18.1. The number of carbonyl (C=O) groups is 3. The molecule has 3 aromatic carbocycles. The van der Waals surface area contributed by atoms with Crippen molar-refractivity contribution in [2.75, 3.05) is 11.9 Å². The molecule has 1 aliphatic heterocycles. The van der Waals surface area contributed by atoms with Crippen molar-refractivity contribution < 1.29 is 29.0 Å². The topological polar surface area (TPSA) is 174 Å². The van der Waals surface area contributed by atoms with Crippen LogP contribution in [0.15, 0.2) is 72.4 Å². The maximum Gasteiger partial charge on any atom is 0.329 e. The van der Waals surface area contributed by atoms with Crippen molar-refractivity contribution in [3.63, 3.8) is 0 Å². The van der Waals surface area contributed by atoms with Gasteiger partial charge in [-0.25, -0.2) is 9.69 Å². The highest BCUT2D eigenvalue weighted by molar-refractivity contribution is 6.15. The molecule has 0 aromatic heterocycles. The molecule has 13 heteroatoms. The molecule has 0 aliphatic carbocycles. The zero-order chi connectivity index (χ0) is 27.4. The van der Waals surface area contributed by atoms with Crippen molar-refractivity contribution >= 4 is 41.0 Å². The first-order valence-electron chi connectivity index (χ1n) is 11.0. The van der Waals surface area contributed by atoms with E-state index in [4.69, 9.17) is 4.74 Å². The fourth-order valence-electron chi connectivity index (χ4n) is 3.47. The van der Waals surface area contributed by atoms with Crippen LogP contribution in [0.2, 0.25) is 0 Å². The number of hydrogen-bond donors (Lipinski definition) is 2.